The molecule has 9 saturated carbocycles. The first-order valence-corrected chi connectivity index (χ1v) is 37.9. The lowest BCUT2D eigenvalue weighted by molar-refractivity contribution is -0.316. The molecule has 0 spiro atoms. The standard InChI is InChI=1S/2C27H39FN2O2.C22H34O3.C5H5FN2/c2*1-18-8-9-23-26(2,20(18)11-15-30-22-12-14-29-16-21(22)28)13-10-24-27(23,3)17-31-25(32-24)19-6-4-5-7-19;1-15-8-9-18-21(2,17(15)11-13-23)12-10-19-22(18,3)14-24-20(25-19)16-6-4-5-7-16;6-4-3-8-2-1-5(4)7/h2*12,14,16,19-20,23-25H,1,4-11,13,15,17H2,2-3H3,(H,29,30);13,16-20H,1,4-12,14H2,2-3H3;1-3H,(H2,7,8)/t2*20-,23?,24-,25-,26+,27+;17-,18?,19-,20-,21+,22+;/m111./s1. The first-order valence-electron chi connectivity index (χ1n) is 37.9. The van der Waals surface area contributed by atoms with Crippen molar-refractivity contribution in [2.45, 2.75) is 252 Å². The van der Waals surface area contributed by atoms with E-state index in [1.165, 1.54) is 151 Å². The second-order valence-electron chi connectivity index (χ2n) is 33.5. The molecule has 16 heteroatoms. The van der Waals surface area contributed by atoms with E-state index in [-0.39, 0.29) is 68.7 Å². The highest BCUT2D eigenvalue weighted by molar-refractivity contribution is 5.51. The summed E-state index contributed by atoms with van der Waals surface area (Å²) in [5, 5.41) is 6.58. The summed E-state index contributed by atoms with van der Waals surface area (Å²) in [5.74, 6) is 3.61. The van der Waals surface area contributed by atoms with Crippen LogP contribution in [-0.4, -0.2) is 91.3 Å². The molecular weight excluding hydrogens is 1230 g/mol. The number of nitrogens with two attached hydrogens (primary N) is 1. The molecule has 0 aromatic carbocycles. The molecule has 13 nitrogen and oxygen atoms in total. The largest absolute Gasteiger partial charge is 0.396 e. The minimum Gasteiger partial charge on any atom is -0.396 e. The monoisotopic (exact) mass is 1340 g/mol. The Morgan fingerprint density at radius 1 is 0.474 bits per heavy atom. The van der Waals surface area contributed by atoms with Crippen LogP contribution in [0.25, 0.3) is 0 Å². The lowest BCUT2D eigenvalue weighted by Crippen LogP contribution is -2.62. The number of ether oxygens (including phenoxy) is 6. The van der Waals surface area contributed by atoms with Gasteiger partial charge in [-0.15, -0.1) is 0 Å². The summed E-state index contributed by atoms with van der Waals surface area (Å²) in [5.41, 5.74) is 11.1. The molecule has 18 atom stereocenters. The maximum Gasteiger partial charge on any atom is 0.164 e. The zero-order chi connectivity index (χ0) is 68.3. The normalized spacial score (nSPS) is 39.5. The van der Waals surface area contributed by atoms with Gasteiger partial charge in [-0.05, 0) is 198 Å². The molecule has 3 aliphatic heterocycles. The van der Waals surface area contributed by atoms with Gasteiger partial charge in [0.15, 0.2) is 36.3 Å². The number of carbonyl (C=O) groups excluding carboxylic acids is 1. The zero-order valence-electron chi connectivity index (χ0n) is 59.6. The molecule has 15 rings (SSSR count). The Morgan fingerprint density at radius 3 is 1.12 bits per heavy atom. The van der Waals surface area contributed by atoms with E-state index in [2.05, 4.69) is 86.9 Å². The van der Waals surface area contributed by atoms with Gasteiger partial charge in [0.2, 0.25) is 0 Å². The number of aldehydes is 1. The van der Waals surface area contributed by atoms with Crippen molar-refractivity contribution in [2.75, 3.05) is 49.3 Å². The highest BCUT2D eigenvalue weighted by Crippen LogP contribution is 2.67. The molecule has 3 saturated heterocycles. The number of fused-ring (bicyclic) bond motifs is 9. The minimum absolute atomic E-state index is 0.00809. The van der Waals surface area contributed by atoms with Crippen LogP contribution in [0, 0.1) is 103 Å². The van der Waals surface area contributed by atoms with Crippen molar-refractivity contribution in [2.24, 2.45) is 85.8 Å². The van der Waals surface area contributed by atoms with Gasteiger partial charge < -0.3 is 49.6 Å². The number of carbonyl (C=O) groups is 1. The summed E-state index contributed by atoms with van der Waals surface area (Å²) in [6, 6.07) is 4.83. The molecule has 3 aromatic rings. The summed E-state index contributed by atoms with van der Waals surface area (Å²) < 4.78 is 79.3. The van der Waals surface area contributed by atoms with Crippen molar-refractivity contribution in [3.05, 3.63) is 109 Å². The molecule has 3 aromatic heterocycles. The number of nitrogens with one attached hydrogen (secondary N) is 2. The summed E-state index contributed by atoms with van der Waals surface area (Å²) in [6.45, 7) is 31.8. The molecule has 534 valence electrons. The number of hydrogen-bond acceptors (Lipinski definition) is 13. The van der Waals surface area contributed by atoms with Crippen molar-refractivity contribution in [3.63, 3.8) is 0 Å². The number of nitrogen functional groups attached to an aromatic ring is 1. The Labute approximate surface area is 578 Å². The first-order chi connectivity index (χ1) is 46.6. The molecule has 9 aliphatic carbocycles. The van der Waals surface area contributed by atoms with Gasteiger partial charge in [0.25, 0.3) is 0 Å². The molecule has 0 bridgehead atoms. The second kappa shape index (κ2) is 30.5. The quantitative estimate of drug-likeness (QED) is 0.110. The van der Waals surface area contributed by atoms with E-state index >= 15 is 0 Å². The smallest absolute Gasteiger partial charge is 0.164 e. The zero-order valence-corrected chi connectivity index (χ0v) is 59.6. The highest BCUT2D eigenvalue weighted by Gasteiger charge is 2.64. The molecule has 6 heterocycles. The van der Waals surface area contributed by atoms with Gasteiger partial charge in [0, 0.05) is 72.1 Å². The van der Waals surface area contributed by atoms with Crippen molar-refractivity contribution < 1.29 is 46.4 Å². The van der Waals surface area contributed by atoms with E-state index in [1.807, 2.05) is 0 Å². The summed E-state index contributed by atoms with van der Waals surface area (Å²) in [6.07, 6.45) is 41.9. The van der Waals surface area contributed by atoms with E-state index in [0.717, 1.165) is 103 Å². The van der Waals surface area contributed by atoms with Crippen LogP contribution in [0.15, 0.2) is 91.8 Å². The fourth-order valence-corrected chi connectivity index (χ4v) is 22.7. The van der Waals surface area contributed by atoms with Crippen molar-refractivity contribution in [1.82, 2.24) is 15.0 Å². The number of aromatic nitrogens is 3. The Kier molecular flexibility index (Phi) is 22.6. The van der Waals surface area contributed by atoms with Crippen LogP contribution < -0.4 is 16.4 Å². The topological polar surface area (TPSA) is 161 Å². The van der Waals surface area contributed by atoms with Gasteiger partial charge in [-0.3, -0.25) is 15.0 Å². The third kappa shape index (κ3) is 14.6. The van der Waals surface area contributed by atoms with Gasteiger partial charge in [-0.2, -0.15) is 0 Å². The number of hydrogen-bond donors (Lipinski definition) is 3. The summed E-state index contributed by atoms with van der Waals surface area (Å²) in [4.78, 5) is 22.5. The van der Waals surface area contributed by atoms with Gasteiger partial charge >= 0.3 is 0 Å². The fraction of sp³-hybridized carbons (Fsp3) is 0.728. The molecule has 97 heavy (non-hydrogen) atoms. The number of halogens is 3. The molecular formula is C81H117F3N6O7. The summed E-state index contributed by atoms with van der Waals surface area (Å²) in [7, 11) is 0. The van der Waals surface area contributed by atoms with Crippen LogP contribution in [0.3, 0.4) is 0 Å². The van der Waals surface area contributed by atoms with Crippen LogP contribution in [0.5, 0.6) is 0 Å². The van der Waals surface area contributed by atoms with Gasteiger partial charge in [-0.25, -0.2) is 13.2 Å². The molecule has 0 amide bonds. The maximum absolute atomic E-state index is 14.0. The van der Waals surface area contributed by atoms with E-state index in [4.69, 9.17) is 34.2 Å². The van der Waals surface area contributed by atoms with Gasteiger partial charge in [0.1, 0.15) is 6.29 Å². The predicted octanol–water partition coefficient (Wildman–Crippen LogP) is 18.4. The van der Waals surface area contributed by atoms with Crippen LogP contribution in [0.1, 0.15) is 215 Å². The third-order valence-electron chi connectivity index (χ3n) is 28.1. The van der Waals surface area contributed by atoms with Crippen molar-refractivity contribution in [1.29, 1.82) is 0 Å². The molecule has 12 aliphatic rings. The third-order valence-corrected chi connectivity index (χ3v) is 28.1. The average Bonchev–Trinajstić information content (AvgIpc) is 1.68. The number of allylic oxidation sites excluding steroid dienone is 3. The van der Waals surface area contributed by atoms with E-state index in [9.17, 15) is 18.0 Å². The lowest BCUT2D eigenvalue weighted by Gasteiger charge is -2.63. The molecule has 4 N–H and O–H groups in total. The number of anilines is 3. The summed E-state index contributed by atoms with van der Waals surface area (Å²) >= 11 is 0. The lowest BCUT2D eigenvalue weighted by atomic mass is 9.46. The SMILES string of the molecule is C=C1CCC2[C@]3(C)CO[C@@H](C4CCCC4)O[C@@H]3CC[C@@]2(C)[C@@H]1CC=O.C=C1CCC2[C@]3(C)CO[C@@H](C4CCCC4)O[C@@H]3CC[C@@]2(C)[C@@H]1CCNc1ccncc1F.C=C1CCC2[C@]3(C)CO[C@@H](C4CCCC4)O[C@@H]3CC[C@@]2(C)[C@@H]1CCNc1ccncc1F.Nc1ccncc1F. The number of nitrogens with zero attached hydrogens (tertiary/aromatic N) is 3. The maximum atomic E-state index is 14.0. The first kappa shape index (κ1) is 72.1. The average molecular weight is 1340 g/mol. The van der Waals surface area contributed by atoms with Crippen molar-refractivity contribution in [3.8, 4) is 0 Å². The van der Waals surface area contributed by atoms with Crippen LogP contribution in [0.2, 0.25) is 0 Å². The molecule has 12 fully saturated rings. The highest BCUT2D eigenvalue weighted by atomic mass is 19.1. The fourth-order valence-electron chi connectivity index (χ4n) is 22.7. The van der Waals surface area contributed by atoms with Crippen LogP contribution in [-0.2, 0) is 33.2 Å². The number of rotatable bonds is 13. The van der Waals surface area contributed by atoms with Crippen LogP contribution in [0.4, 0.5) is 30.2 Å². The Bertz CT molecular complexity index is 3040. The van der Waals surface area contributed by atoms with E-state index in [0.29, 0.717) is 89.4 Å². The van der Waals surface area contributed by atoms with Crippen LogP contribution >= 0.6 is 0 Å². The Balaban J connectivity index is 0.000000132. The molecule has 0 radical (unpaired) electrons. The van der Waals surface area contributed by atoms with E-state index in [1.54, 1.807) is 24.5 Å². The van der Waals surface area contributed by atoms with Gasteiger partial charge in [0.05, 0.1) is 73.8 Å². The van der Waals surface area contributed by atoms with Gasteiger partial charge in [-0.1, -0.05) is 117 Å². The van der Waals surface area contributed by atoms with Crippen molar-refractivity contribution >= 4 is 23.3 Å². The predicted molar refractivity (Wildman–Crippen MR) is 376 cm³/mol. The minimum atomic E-state index is -0.465. The number of pyridine rings is 3. The Morgan fingerprint density at radius 2 is 0.804 bits per heavy atom. The molecule has 3 unspecified atom stereocenters. The Hall–Kier alpha value is -4.71. The second-order valence-corrected chi connectivity index (χ2v) is 33.5. The van der Waals surface area contributed by atoms with E-state index < -0.39 is 5.82 Å².